The van der Waals surface area contributed by atoms with Gasteiger partial charge in [-0.25, -0.2) is 8.42 Å². The minimum atomic E-state index is -3.27. The molecule has 7 nitrogen and oxygen atoms in total. The molecule has 3 rings (SSSR count). The van der Waals surface area contributed by atoms with Gasteiger partial charge in [0.05, 0.1) is 30.8 Å². The largest absolute Gasteiger partial charge is 0.383 e. The highest BCUT2D eigenvalue weighted by atomic mass is 32.2. The standard InChI is InChI=1S/C17H30N4O3S/c1-24-13-17-8-16(12-20(17)10-14-6-4-3-5-7-14)21-11-15(9-18-21)19-25(2,22)23/h9,11,14,16-17,19H,3-8,10,12-13H2,1-2H3/t16-,17-/m0/s1. The van der Waals surface area contributed by atoms with Crippen LogP contribution in [-0.2, 0) is 14.8 Å². The molecule has 0 bridgehead atoms. The maximum Gasteiger partial charge on any atom is 0.229 e. The highest BCUT2D eigenvalue weighted by molar-refractivity contribution is 7.92. The van der Waals surface area contributed by atoms with Crippen LogP contribution in [0.25, 0.3) is 0 Å². The van der Waals surface area contributed by atoms with E-state index in [1.54, 1.807) is 19.5 Å². The number of hydrogen-bond acceptors (Lipinski definition) is 5. The SMILES string of the molecule is COC[C@@H]1C[C@H](n2cc(NS(C)(=O)=O)cn2)CN1CC1CCCCC1. The molecule has 1 aliphatic heterocycles. The zero-order chi connectivity index (χ0) is 17.9. The van der Waals surface area contributed by atoms with Crippen molar-refractivity contribution in [2.24, 2.45) is 5.92 Å². The van der Waals surface area contributed by atoms with Crippen molar-refractivity contribution >= 4 is 15.7 Å². The molecule has 142 valence electrons. The van der Waals surface area contributed by atoms with E-state index in [2.05, 4.69) is 14.7 Å². The predicted molar refractivity (Wildman–Crippen MR) is 98.2 cm³/mol. The van der Waals surface area contributed by atoms with Gasteiger partial charge in [0, 0.05) is 32.4 Å². The van der Waals surface area contributed by atoms with Gasteiger partial charge in [-0.15, -0.1) is 0 Å². The molecule has 1 N–H and O–H groups in total. The Kier molecular flexibility index (Phi) is 6.01. The first-order chi connectivity index (χ1) is 11.9. The maximum absolute atomic E-state index is 11.4. The van der Waals surface area contributed by atoms with Crippen molar-refractivity contribution in [1.82, 2.24) is 14.7 Å². The maximum atomic E-state index is 11.4. The number of nitrogens with one attached hydrogen (secondary N) is 1. The fourth-order valence-corrected chi connectivity index (χ4v) is 4.78. The summed E-state index contributed by atoms with van der Waals surface area (Å²) in [6.45, 7) is 2.82. The van der Waals surface area contributed by atoms with Gasteiger partial charge >= 0.3 is 0 Å². The Morgan fingerprint density at radius 1 is 1.32 bits per heavy atom. The average Bonchev–Trinajstić information content (AvgIpc) is 3.15. The lowest BCUT2D eigenvalue weighted by molar-refractivity contribution is 0.0997. The molecule has 8 heteroatoms. The molecule has 0 unspecified atom stereocenters. The van der Waals surface area contributed by atoms with Gasteiger partial charge in [0.2, 0.25) is 10.0 Å². The molecule has 2 heterocycles. The number of ether oxygens (including phenoxy) is 1. The quantitative estimate of drug-likeness (QED) is 0.795. The molecular formula is C17H30N4O3S. The van der Waals surface area contributed by atoms with Crippen LogP contribution < -0.4 is 4.72 Å². The van der Waals surface area contributed by atoms with E-state index in [0.717, 1.165) is 38.3 Å². The topological polar surface area (TPSA) is 76.5 Å². The summed E-state index contributed by atoms with van der Waals surface area (Å²) in [6, 6.07) is 0.672. The molecule has 1 saturated heterocycles. The third-order valence-corrected chi connectivity index (χ3v) is 5.97. The number of rotatable bonds is 7. The number of methoxy groups -OCH3 is 1. The summed E-state index contributed by atoms with van der Waals surface area (Å²) in [4.78, 5) is 2.55. The molecule has 25 heavy (non-hydrogen) atoms. The van der Waals surface area contributed by atoms with Gasteiger partial charge in [0.15, 0.2) is 0 Å². The Morgan fingerprint density at radius 2 is 2.08 bits per heavy atom. The molecule has 1 saturated carbocycles. The number of likely N-dealkylation sites (tertiary alicyclic amines) is 1. The predicted octanol–water partition coefficient (Wildman–Crippen LogP) is 2.10. The van der Waals surface area contributed by atoms with E-state index >= 15 is 0 Å². The fourth-order valence-electron chi connectivity index (χ4n) is 4.24. The Balaban J connectivity index is 1.64. The summed E-state index contributed by atoms with van der Waals surface area (Å²) in [5, 5.41) is 4.38. The van der Waals surface area contributed by atoms with Gasteiger partial charge in [-0.2, -0.15) is 5.10 Å². The van der Waals surface area contributed by atoms with Crippen LogP contribution in [0.3, 0.4) is 0 Å². The fraction of sp³-hybridized carbons (Fsp3) is 0.824. The van der Waals surface area contributed by atoms with Crippen molar-refractivity contribution in [3.05, 3.63) is 12.4 Å². The molecule has 1 aromatic heterocycles. The van der Waals surface area contributed by atoms with E-state index in [4.69, 9.17) is 4.74 Å². The molecule has 0 amide bonds. The third kappa shape index (κ3) is 5.18. The van der Waals surface area contributed by atoms with Crippen molar-refractivity contribution in [2.75, 3.05) is 37.8 Å². The van der Waals surface area contributed by atoms with Crippen molar-refractivity contribution in [3.8, 4) is 0 Å². The zero-order valence-electron chi connectivity index (χ0n) is 15.2. The van der Waals surface area contributed by atoms with E-state index in [1.165, 1.54) is 32.1 Å². The second kappa shape index (κ2) is 8.05. The molecule has 0 radical (unpaired) electrons. The van der Waals surface area contributed by atoms with E-state index in [-0.39, 0.29) is 6.04 Å². The van der Waals surface area contributed by atoms with Crippen molar-refractivity contribution in [2.45, 2.75) is 50.6 Å². The van der Waals surface area contributed by atoms with Crippen molar-refractivity contribution in [1.29, 1.82) is 0 Å². The Hall–Kier alpha value is -1.12. The zero-order valence-corrected chi connectivity index (χ0v) is 16.0. The first kappa shape index (κ1) is 18.7. The van der Waals surface area contributed by atoms with Gasteiger partial charge < -0.3 is 4.74 Å². The summed E-state index contributed by atoms with van der Waals surface area (Å²) in [5.41, 5.74) is 0.525. The Morgan fingerprint density at radius 3 is 2.76 bits per heavy atom. The molecule has 2 aliphatic rings. The Bertz CT molecular complexity index is 655. The van der Waals surface area contributed by atoms with Crippen molar-refractivity contribution < 1.29 is 13.2 Å². The summed E-state index contributed by atoms with van der Waals surface area (Å²) in [5.74, 6) is 0.798. The lowest BCUT2D eigenvalue weighted by Crippen LogP contribution is -2.37. The van der Waals surface area contributed by atoms with E-state index in [0.29, 0.717) is 11.7 Å². The molecule has 0 spiro atoms. The lowest BCUT2D eigenvalue weighted by atomic mass is 9.89. The first-order valence-electron chi connectivity index (χ1n) is 9.19. The van der Waals surface area contributed by atoms with E-state index in [9.17, 15) is 8.42 Å². The number of aromatic nitrogens is 2. The van der Waals surface area contributed by atoms with Crippen LogP contribution in [0.4, 0.5) is 5.69 Å². The monoisotopic (exact) mass is 370 g/mol. The van der Waals surface area contributed by atoms with E-state index in [1.807, 2.05) is 4.68 Å². The van der Waals surface area contributed by atoms with Crippen LogP contribution in [0.1, 0.15) is 44.6 Å². The van der Waals surface area contributed by atoms with Crippen molar-refractivity contribution in [3.63, 3.8) is 0 Å². The van der Waals surface area contributed by atoms with Crippen LogP contribution in [-0.4, -0.2) is 62.2 Å². The summed E-state index contributed by atoms with van der Waals surface area (Å²) >= 11 is 0. The van der Waals surface area contributed by atoms with E-state index < -0.39 is 10.0 Å². The van der Waals surface area contributed by atoms with Crippen LogP contribution in [0.2, 0.25) is 0 Å². The molecule has 1 aromatic rings. The van der Waals surface area contributed by atoms with Crippen LogP contribution in [0.15, 0.2) is 12.4 Å². The summed E-state index contributed by atoms with van der Waals surface area (Å²) < 4.78 is 32.6. The van der Waals surface area contributed by atoms with Gasteiger partial charge in [0.25, 0.3) is 0 Å². The first-order valence-corrected chi connectivity index (χ1v) is 11.1. The highest BCUT2D eigenvalue weighted by Crippen LogP contribution is 2.32. The normalized spacial score (nSPS) is 26.2. The molecule has 2 fully saturated rings. The van der Waals surface area contributed by atoms with Gasteiger partial charge in [-0.05, 0) is 25.2 Å². The third-order valence-electron chi connectivity index (χ3n) is 5.36. The number of anilines is 1. The summed E-state index contributed by atoms with van der Waals surface area (Å²) in [7, 11) is -1.51. The average molecular weight is 371 g/mol. The molecule has 0 aromatic carbocycles. The lowest BCUT2D eigenvalue weighted by Gasteiger charge is -2.30. The van der Waals surface area contributed by atoms with Gasteiger partial charge in [0.1, 0.15) is 0 Å². The minimum absolute atomic E-state index is 0.263. The van der Waals surface area contributed by atoms with Crippen LogP contribution >= 0.6 is 0 Å². The number of hydrogen-bond donors (Lipinski definition) is 1. The highest BCUT2D eigenvalue weighted by Gasteiger charge is 2.34. The minimum Gasteiger partial charge on any atom is -0.383 e. The molecular weight excluding hydrogens is 340 g/mol. The number of sulfonamides is 1. The molecule has 1 aliphatic carbocycles. The molecule has 2 atom stereocenters. The number of nitrogens with zero attached hydrogens (tertiary/aromatic N) is 3. The Labute approximate surface area is 150 Å². The van der Waals surface area contributed by atoms with Gasteiger partial charge in [-0.3, -0.25) is 14.3 Å². The smallest absolute Gasteiger partial charge is 0.229 e. The van der Waals surface area contributed by atoms with Crippen LogP contribution in [0, 0.1) is 5.92 Å². The van der Waals surface area contributed by atoms with Gasteiger partial charge in [-0.1, -0.05) is 19.3 Å². The summed E-state index contributed by atoms with van der Waals surface area (Å²) in [6.07, 6.45) is 12.3. The second-order valence-electron chi connectivity index (χ2n) is 7.54. The second-order valence-corrected chi connectivity index (χ2v) is 9.29. The van der Waals surface area contributed by atoms with Crippen LogP contribution in [0.5, 0.6) is 0 Å².